The number of pyridine rings is 1. The van der Waals surface area contributed by atoms with Gasteiger partial charge in [0.1, 0.15) is 0 Å². The first kappa shape index (κ1) is 13.4. The van der Waals surface area contributed by atoms with Crippen molar-refractivity contribution in [2.75, 3.05) is 25.5 Å². The topological polar surface area (TPSA) is 71.5 Å². The van der Waals surface area contributed by atoms with Crippen molar-refractivity contribution >= 4 is 28.6 Å². The van der Waals surface area contributed by atoms with Gasteiger partial charge in [-0.05, 0) is 24.6 Å². The van der Waals surface area contributed by atoms with Gasteiger partial charge in [0.25, 0.3) is 0 Å². The highest BCUT2D eigenvalue weighted by Gasteiger charge is 2.21. The van der Waals surface area contributed by atoms with Gasteiger partial charge in [0.2, 0.25) is 0 Å². The third kappa shape index (κ3) is 2.52. The van der Waals surface area contributed by atoms with Crippen LogP contribution in [0.5, 0.6) is 0 Å². The third-order valence-electron chi connectivity index (χ3n) is 3.51. The average Bonchev–Trinajstić information content (AvgIpc) is 2.44. The number of carbonyl (C=O) groups excluding carboxylic acids is 2. The molecule has 6 nitrogen and oxygen atoms in total. The lowest BCUT2D eigenvalue weighted by atomic mass is 10.1. The Morgan fingerprint density at radius 2 is 2.14 bits per heavy atom. The molecule has 0 spiro atoms. The summed E-state index contributed by atoms with van der Waals surface area (Å²) in [6.45, 7) is 1.52. The Morgan fingerprint density at radius 3 is 2.81 bits per heavy atom. The van der Waals surface area contributed by atoms with Crippen LogP contribution in [-0.4, -0.2) is 42.1 Å². The van der Waals surface area contributed by atoms with Gasteiger partial charge in [-0.3, -0.25) is 4.98 Å². The number of aromatic nitrogens is 1. The molecule has 0 unspecified atom stereocenters. The Balaban J connectivity index is 2.01. The molecule has 1 N–H and O–H groups in total. The summed E-state index contributed by atoms with van der Waals surface area (Å²) >= 11 is 0. The Kier molecular flexibility index (Phi) is 3.43. The quantitative estimate of drug-likeness (QED) is 0.859. The van der Waals surface area contributed by atoms with Crippen LogP contribution in [0.4, 0.5) is 10.5 Å². The number of benzene rings is 1. The van der Waals surface area contributed by atoms with Gasteiger partial charge >= 0.3 is 12.0 Å². The second-order valence-corrected chi connectivity index (χ2v) is 4.86. The van der Waals surface area contributed by atoms with E-state index in [4.69, 9.17) is 4.74 Å². The maximum absolute atomic E-state index is 12.1. The fraction of sp³-hybridized carbons (Fsp3) is 0.267. The molecule has 21 heavy (non-hydrogen) atoms. The summed E-state index contributed by atoms with van der Waals surface area (Å²) in [6, 6.07) is 6.75. The van der Waals surface area contributed by atoms with Crippen molar-refractivity contribution in [1.82, 2.24) is 9.88 Å². The number of esters is 1. The first-order valence-electron chi connectivity index (χ1n) is 6.72. The molecule has 0 bridgehead atoms. The molecule has 2 heterocycles. The van der Waals surface area contributed by atoms with E-state index in [2.05, 4.69) is 10.3 Å². The van der Waals surface area contributed by atoms with Gasteiger partial charge in [-0.2, -0.15) is 0 Å². The molecule has 3 rings (SSSR count). The molecule has 108 valence electrons. The van der Waals surface area contributed by atoms with E-state index in [1.54, 1.807) is 29.3 Å². The summed E-state index contributed by atoms with van der Waals surface area (Å²) in [4.78, 5) is 29.8. The van der Waals surface area contributed by atoms with E-state index in [-0.39, 0.29) is 6.03 Å². The minimum Gasteiger partial charge on any atom is -0.465 e. The van der Waals surface area contributed by atoms with Gasteiger partial charge in [0, 0.05) is 24.7 Å². The van der Waals surface area contributed by atoms with Crippen LogP contribution in [0.25, 0.3) is 10.9 Å². The molecule has 2 aromatic rings. The number of ether oxygens (including phenoxy) is 1. The van der Waals surface area contributed by atoms with Gasteiger partial charge in [0.15, 0.2) is 0 Å². The first-order valence-corrected chi connectivity index (χ1v) is 6.72. The molecule has 2 amide bonds. The maximum Gasteiger partial charge on any atom is 0.337 e. The lowest BCUT2D eigenvalue weighted by Gasteiger charge is -2.30. The average molecular weight is 285 g/mol. The number of urea groups is 1. The van der Waals surface area contributed by atoms with E-state index in [1.807, 2.05) is 6.07 Å². The molecular formula is C15H15N3O3. The molecule has 6 heteroatoms. The van der Waals surface area contributed by atoms with Crippen LogP contribution in [0.1, 0.15) is 16.8 Å². The van der Waals surface area contributed by atoms with Crippen LogP contribution in [0.15, 0.2) is 30.5 Å². The van der Waals surface area contributed by atoms with E-state index in [0.29, 0.717) is 16.8 Å². The van der Waals surface area contributed by atoms with E-state index < -0.39 is 5.97 Å². The van der Waals surface area contributed by atoms with Crippen molar-refractivity contribution in [3.63, 3.8) is 0 Å². The zero-order chi connectivity index (χ0) is 14.8. The van der Waals surface area contributed by atoms with Crippen LogP contribution in [0, 0.1) is 0 Å². The monoisotopic (exact) mass is 285 g/mol. The minimum absolute atomic E-state index is 0.171. The van der Waals surface area contributed by atoms with E-state index >= 15 is 0 Å². The van der Waals surface area contributed by atoms with Crippen LogP contribution >= 0.6 is 0 Å². The summed E-state index contributed by atoms with van der Waals surface area (Å²) in [5.41, 5.74) is 1.56. The number of hydrogen-bond acceptors (Lipinski definition) is 4. The summed E-state index contributed by atoms with van der Waals surface area (Å²) in [5.74, 6) is -0.444. The second-order valence-electron chi connectivity index (χ2n) is 4.86. The highest BCUT2D eigenvalue weighted by atomic mass is 16.5. The molecule has 1 aliphatic rings. The number of amides is 2. The Hall–Kier alpha value is -2.63. The fourth-order valence-corrected chi connectivity index (χ4v) is 2.24. The molecule has 1 aliphatic heterocycles. The fourth-order valence-electron chi connectivity index (χ4n) is 2.24. The molecule has 1 saturated heterocycles. The summed E-state index contributed by atoms with van der Waals surface area (Å²) in [6.07, 6.45) is 2.67. The molecular weight excluding hydrogens is 270 g/mol. The third-order valence-corrected chi connectivity index (χ3v) is 3.51. The molecule has 0 aliphatic carbocycles. The summed E-state index contributed by atoms with van der Waals surface area (Å²) < 4.78 is 4.74. The Bertz CT molecular complexity index is 710. The van der Waals surface area contributed by atoms with E-state index in [0.717, 1.165) is 24.9 Å². The smallest absolute Gasteiger partial charge is 0.337 e. The lowest BCUT2D eigenvalue weighted by molar-refractivity contribution is 0.0601. The van der Waals surface area contributed by atoms with Gasteiger partial charge < -0.3 is 15.0 Å². The van der Waals surface area contributed by atoms with E-state index in [1.165, 1.54) is 7.11 Å². The van der Waals surface area contributed by atoms with Crippen LogP contribution in [0.3, 0.4) is 0 Å². The number of anilines is 1. The minimum atomic E-state index is -0.444. The number of fused-ring (bicyclic) bond motifs is 1. The SMILES string of the molecule is COC(=O)c1cc(NC(=O)N2CCC2)c2ncccc2c1. The zero-order valence-electron chi connectivity index (χ0n) is 11.6. The molecule has 0 atom stereocenters. The number of rotatable bonds is 2. The maximum atomic E-state index is 12.1. The number of likely N-dealkylation sites (tertiary alicyclic amines) is 1. The van der Waals surface area contributed by atoms with Crippen LogP contribution in [0.2, 0.25) is 0 Å². The first-order chi connectivity index (χ1) is 10.2. The van der Waals surface area contributed by atoms with Gasteiger partial charge in [-0.15, -0.1) is 0 Å². The lowest BCUT2D eigenvalue weighted by Crippen LogP contribution is -2.44. The standard InChI is InChI=1S/C15H15N3O3/c1-21-14(19)11-8-10-4-2-5-16-13(10)12(9-11)17-15(20)18-6-3-7-18/h2,4-5,8-9H,3,6-7H2,1H3,(H,17,20). The van der Waals surface area contributed by atoms with Crippen molar-refractivity contribution in [1.29, 1.82) is 0 Å². The van der Waals surface area contributed by atoms with Gasteiger partial charge in [-0.25, -0.2) is 9.59 Å². The highest BCUT2D eigenvalue weighted by Crippen LogP contribution is 2.25. The molecule has 1 aromatic heterocycles. The van der Waals surface area contributed by atoms with Gasteiger partial charge in [-0.1, -0.05) is 6.07 Å². The van der Waals surface area contributed by atoms with Crippen molar-refractivity contribution in [2.24, 2.45) is 0 Å². The Labute approximate surface area is 121 Å². The normalized spacial score (nSPS) is 13.7. The van der Waals surface area contributed by atoms with Crippen molar-refractivity contribution in [3.05, 3.63) is 36.0 Å². The van der Waals surface area contributed by atoms with Crippen molar-refractivity contribution < 1.29 is 14.3 Å². The molecule has 1 fully saturated rings. The Morgan fingerprint density at radius 1 is 1.33 bits per heavy atom. The predicted octanol–water partition coefficient (Wildman–Crippen LogP) is 2.26. The van der Waals surface area contributed by atoms with Crippen molar-refractivity contribution in [2.45, 2.75) is 6.42 Å². The van der Waals surface area contributed by atoms with Gasteiger partial charge in [0.05, 0.1) is 23.9 Å². The largest absolute Gasteiger partial charge is 0.465 e. The number of methoxy groups -OCH3 is 1. The molecule has 0 saturated carbocycles. The predicted molar refractivity (Wildman–Crippen MR) is 78.3 cm³/mol. The van der Waals surface area contributed by atoms with Crippen LogP contribution < -0.4 is 5.32 Å². The molecule has 1 aromatic carbocycles. The second kappa shape index (κ2) is 5.40. The zero-order valence-corrected chi connectivity index (χ0v) is 11.6. The highest BCUT2D eigenvalue weighted by molar-refractivity contribution is 6.04. The number of hydrogen-bond donors (Lipinski definition) is 1. The van der Waals surface area contributed by atoms with E-state index in [9.17, 15) is 9.59 Å². The van der Waals surface area contributed by atoms with Crippen molar-refractivity contribution in [3.8, 4) is 0 Å². The molecule has 0 radical (unpaired) electrons. The number of nitrogens with one attached hydrogen (secondary N) is 1. The summed E-state index contributed by atoms with van der Waals surface area (Å²) in [5, 5.41) is 3.60. The number of carbonyl (C=O) groups is 2. The summed E-state index contributed by atoms with van der Waals surface area (Å²) in [7, 11) is 1.33. The number of nitrogens with zero attached hydrogens (tertiary/aromatic N) is 2. The van der Waals surface area contributed by atoms with Crippen LogP contribution in [-0.2, 0) is 4.74 Å².